The third-order valence-corrected chi connectivity index (χ3v) is 4.05. The topological polar surface area (TPSA) is 50.2 Å². The van der Waals surface area contributed by atoms with Crippen LogP contribution in [0.15, 0.2) is 42.5 Å². The minimum Gasteiger partial charge on any atom is -0.378 e. The fourth-order valence-corrected chi connectivity index (χ4v) is 2.90. The number of imidazole rings is 1. The molecule has 0 unspecified atom stereocenters. The van der Waals surface area contributed by atoms with Gasteiger partial charge in [0, 0.05) is 25.3 Å². The Morgan fingerprint density at radius 2 is 1.91 bits per heavy atom. The second-order valence-corrected chi connectivity index (χ2v) is 5.64. The van der Waals surface area contributed by atoms with Crippen molar-refractivity contribution in [2.45, 2.75) is 6.67 Å². The number of anilines is 1. The number of rotatable bonds is 2. The maximum atomic E-state index is 12.0. The summed E-state index contributed by atoms with van der Waals surface area (Å²) >= 11 is 0. The van der Waals surface area contributed by atoms with Crippen LogP contribution in [0.1, 0.15) is 10.4 Å². The van der Waals surface area contributed by atoms with Crippen LogP contribution in [0.25, 0.3) is 22.4 Å². The lowest BCUT2D eigenvalue weighted by Crippen LogP contribution is -2.31. The van der Waals surface area contributed by atoms with Crippen molar-refractivity contribution in [2.75, 3.05) is 19.0 Å². The summed E-state index contributed by atoms with van der Waals surface area (Å²) in [6.45, 7) is 0.455. The van der Waals surface area contributed by atoms with Crippen molar-refractivity contribution >= 4 is 22.6 Å². The molecule has 110 valence electrons. The van der Waals surface area contributed by atoms with Crippen LogP contribution < -0.4 is 10.2 Å². The molecular weight excluding hydrogens is 276 g/mol. The first-order valence-corrected chi connectivity index (χ1v) is 7.20. The van der Waals surface area contributed by atoms with Gasteiger partial charge in [-0.25, -0.2) is 4.98 Å². The molecule has 3 aromatic rings. The minimum absolute atomic E-state index is 0.0347. The smallest absolute Gasteiger partial charge is 0.254 e. The van der Waals surface area contributed by atoms with Gasteiger partial charge in [-0.3, -0.25) is 4.79 Å². The van der Waals surface area contributed by atoms with Crippen molar-refractivity contribution in [3.8, 4) is 11.4 Å². The van der Waals surface area contributed by atoms with Crippen molar-refractivity contribution in [1.29, 1.82) is 0 Å². The molecule has 1 amide bonds. The first-order valence-electron chi connectivity index (χ1n) is 7.20. The Hall–Kier alpha value is -2.82. The molecular formula is C17H16N4O. The molecule has 5 heteroatoms. The van der Waals surface area contributed by atoms with Gasteiger partial charge in [0.25, 0.3) is 5.91 Å². The molecule has 0 aliphatic carbocycles. The number of hydrogen-bond donors (Lipinski definition) is 1. The normalized spacial score (nSPS) is 13.3. The van der Waals surface area contributed by atoms with E-state index in [1.807, 2.05) is 32.3 Å². The van der Waals surface area contributed by atoms with Crippen LogP contribution in [0.5, 0.6) is 0 Å². The Morgan fingerprint density at radius 1 is 1.14 bits per heavy atom. The zero-order valence-electron chi connectivity index (χ0n) is 12.5. The summed E-state index contributed by atoms with van der Waals surface area (Å²) in [4.78, 5) is 18.8. The fourth-order valence-electron chi connectivity index (χ4n) is 2.90. The first-order chi connectivity index (χ1) is 10.6. The van der Waals surface area contributed by atoms with E-state index >= 15 is 0 Å². The van der Waals surface area contributed by atoms with E-state index in [4.69, 9.17) is 4.98 Å². The molecule has 4 rings (SSSR count). The summed E-state index contributed by atoms with van der Waals surface area (Å²) in [5.41, 5.74) is 4.65. The summed E-state index contributed by atoms with van der Waals surface area (Å²) in [6, 6.07) is 13.9. The molecule has 0 spiro atoms. The van der Waals surface area contributed by atoms with Gasteiger partial charge in [-0.15, -0.1) is 0 Å². The van der Waals surface area contributed by atoms with E-state index in [0.717, 1.165) is 28.1 Å². The number of amides is 1. The molecule has 0 bridgehead atoms. The van der Waals surface area contributed by atoms with Gasteiger partial charge in [-0.05, 0) is 36.4 Å². The van der Waals surface area contributed by atoms with Gasteiger partial charge in [0.15, 0.2) is 0 Å². The van der Waals surface area contributed by atoms with Crippen molar-refractivity contribution in [3.63, 3.8) is 0 Å². The maximum absolute atomic E-state index is 12.0. The highest BCUT2D eigenvalue weighted by molar-refractivity contribution is 6.06. The second-order valence-electron chi connectivity index (χ2n) is 5.64. The number of benzene rings is 2. The van der Waals surface area contributed by atoms with Gasteiger partial charge in [0.05, 0.1) is 23.3 Å². The third-order valence-electron chi connectivity index (χ3n) is 4.05. The fraction of sp³-hybridized carbons (Fsp3) is 0.176. The third kappa shape index (κ3) is 1.79. The highest BCUT2D eigenvalue weighted by Crippen LogP contribution is 2.29. The van der Waals surface area contributed by atoms with Crippen LogP contribution in [0.4, 0.5) is 5.69 Å². The van der Waals surface area contributed by atoms with E-state index < -0.39 is 0 Å². The van der Waals surface area contributed by atoms with Gasteiger partial charge in [-0.1, -0.05) is 6.07 Å². The Morgan fingerprint density at radius 3 is 2.64 bits per heavy atom. The number of hydrogen-bond acceptors (Lipinski definition) is 3. The van der Waals surface area contributed by atoms with Crippen molar-refractivity contribution in [2.24, 2.45) is 0 Å². The highest BCUT2D eigenvalue weighted by Gasteiger charge is 2.22. The quantitative estimate of drug-likeness (QED) is 0.789. The van der Waals surface area contributed by atoms with Gasteiger partial charge in [0.1, 0.15) is 5.82 Å². The number of nitrogens with zero attached hydrogens (tertiary/aromatic N) is 3. The Labute approximate surface area is 128 Å². The SMILES string of the molecule is CN(C)c1ccc(-c2nc3cccc4c3n2CNC4=O)cc1. The largest absolute Gasteiger partial charge is 0.378 e. The van der Waals surface area contributed by atoms with Crippen molar-refractivity contribution < 1.29 is 4.79 Å². The maximum Gasteiger partial charge on any atom is 0.254 e. The number of carbonyl (C=O) groups excluding carboxylic acids is 1. The molecule has 5 nitrogen and oxygen atoms in total. The van der Waals surface area contributed by atoms with E-state index in [9.17, 15) is 4.79 Å². The molecule has 0 saturated heterocycles. The monoisotopic (exact) mass is 292 g/mol. The van der Waals surface area contributed by atoms with E-state index in [-0.39, 0.29) is 5.91 Å². The number of carbonyl (C=O) groups is 1. The summed E-state index contributed by atoms with van der Waals surface area (Å²) in [6.07, 6.45) is 0. The minimum atomic E-state index is -0.0347. The van der Waals surface area contributed by atoms with Crippen molar-refractivity contribution in [1.82, 2.24) is 14.9 Å². The van der Waals surface area contributed by atoms with E-state index in [2.05, 4.69) is 39.0 Å². The zero-order valence-corrected chi connectivity index (χ0v) is 12.5. The number of aromatic nitrogens is 2. The number of nitrogens with one attached hydrogen (secondary N) is 1. The molecule has 0 saturated carbocycles. The average Bonchev–Trinajstić information content (AvgIpc) is 2.91. The zero-order chi connectivity index (χ0) is 15.3. The lowest BCUT2D eigenvalue weighted by atomic mass is 10.1. The van der Waals surface area contributed by atoms with Gasteiger partial charge in [0.2, 0.25) is 0 Å². The van der Waals surface area contributed by atoms with E-state index in [1.165, 1.54) is 0 Å². The van der Waals surface area contributed by atoms with Crippen LogP contribution in [0.3, 0.4) is 0 Å². The highest BCUT2D eigenvalue weighted by atomic mass is 16.1. The summed E-state index contributed by atoms with van der Waals surface area (Å²) in [7, 11) is 4.04. The van der Waals surface area contributed by atoms with Gasteiger partial charge < -0.3 is 14.8 Å². The molecule has 1 N–H and O–H groups in total. The molecule has 0 radical (unpaired) electrons. The summed E-state index contributed by atoms with van der Waals surface area (Å²) in [5, 5.41) is 2.90. The molecule has 2 aromatic carbocycles. The van der Waals surface area contributed by atoms with Crippen LogP contribution in [0.2, 0.25) is 0 Å². The van der Waals surface area contributed by atoms with Gasteiger partial charge in [-0.2, -0.15) is 0 Å². The molecule has 0 atom stereocenters. The molecule has 1 aliphatic rings. The number of para-hydroxylation sites is 1. The van der Waals surface area contributed by atoms with E-state index in [1.54, 1.807) is 0 Å². The van der Waals surface area contributed by atoms with Crippen LogP contribution in [0, 0.1) is 0 Å². The van der Waals surface area contributed by atoms with Crippen molar-refractivity contribution in [3.05, 3.63) is 48.0 Å². The molecule has 2 heterocycles. The average molecular weight is 292 g/mol. The Bertz CT molecular complexity index is 878. The van der Waals surface area contributed by atoms with E-state index in [0.29, 0.717) is 12.2 Å². The lowest BCUT2D eigenvalue weighted by molar-refractivity contribution is 0.0937. The predicted molar refractivity (Wildman–Crippen MR) is 87.0 cm³/mol. The second kappa shape index (κ2) is 4.59. The molecule has 1 aliphatic heterocycles. The summed E-state index contributed by atoms with van der Waals surface area (Å²) in [5.74, 6) is 0.847. The molecule has 22 heavy (non-hydrogen) atoms. The van der Waals surface area contributed by atoms with Crippen LogP contribution >= 0.6 is 0 Å². The Kier molecular flexibility index (Phi) is 2.69. The Balaban J connectivity index is 1.91. The van der Waals surface area contributed by atoms with Crippen LogP contribution in [-0.4, -0.2) is 29.6 Å². The first kappa shape index (κ1) is 12.9. The summed E-state index contributed by atoms with van der Waals surface area (Å²) < 4.78 is 2.07. The molecule has 1 aromatic heterocycles. The molecule has 0 fully saturated rings. The standard InChI is InChI=1S/C17H16N4O/c1-20(2)12-8-6-11(7-9-12)16-19-14-5-3-4-13-15(14)21(16)10-18-17(13)22/h3-9H,10H2,1-2H3,(H,18,22). The van der Waals surface area contributed by atoms with Crippen LogP contribution in [-0.2, 0) is 6.67 Å². The lowest BCUT2D eigenvalue weighted by Gasteiger charge is -2.18. The van der Waals surface area contributed by atoms with Gasteiger partial charge >= 0.3 is 0 Å². The predicted octanol–water partition coefficient (Wildman–Crippen LogP) is 2.47.